The Kier molecular flexibility index (Phi) is 6.53. The summed E-state index contributed by atoms with van der Waals surface area (Å²) in [4.78, 5) is 39.7. The highest BCUT2D eigenvalue weighted by atomic mass is 32.2. The molecule has 1 fully saturated rings. The number of furan rings is 1. The molecule has 0 aliphatic carbocycles. The van der Waals surface area contributed by atoms with Gasteiger partial charge in [0.1, 0.15) is 12.3 Å². The molecule has 3 aromatic rings. The Morgan fingerprint density at radius 3 is 2.50 bits per heavy atom. The first-order valence-electron chi connectivity index (χ1n) is 9.83. The molecule has 32 heavy (non-hydrogen) atoms. The number of benzene rings is 2. The van der Waals surface area contributed by atoms with Gasteiger partial charge in [-0.25, -0.2) is 0 Å². The largest absolute Gasteiger partial charge is 0.450 e. The van der Waals surface area contributed by atoms with Crippen LogP contribution in [0.2, 0.25) is 0 Å². The molecular weight excluding hydrogens is 444 g/mol. The fourth-order valence-electron chi connectivity index (χ4n) is 3.23. The third-order valence-corrected chi connectivity index (χ3v) is 6.35. The molecular formula is C24H20N2O4S2. The van der Waals surface area contributed by atoms with Crippen molar-refractivity contribution in [1.29, 1.82) is 0 Å². The molecule has 0 saturated carbocycles. The van der Waals surface area contributed by atoms with Gasteiger partial charge in [0.05, 0.1) is 4.91 Å². The number of thioether (sulfide) groups is 1. The van der Waals surface area contributed by atoms with E-state index >= 15 is 0 Å². The highest BCUT2D eigenvalue weighted by Crippen LogP contribution is 2.34. The van der Waals surface area contributed by atoms with Crippen molar-refractivity contribution in [3.05, 3.63) is 82.5 Å². The van der Waals surface area contributed by atoms with Crippen LogP contribution in [-0.2, 0) is 9.59 Å². The molecule has 1 N–H and O–H groups in total. The summed E-state index contributed by atoms with van der Waals surface area (Å²) in [6, 6.07) is 19.0. The number of aryl methyl sites for hydroxylation is 2. The summed E-state index contributed by atoms with van der Waals surface area (Å²) in [5.41, 5.74) is 2.66. The lowest BCUT2D eigenvalue weighted by Crippen LogP contribution is -2.36. The van der Waals surface area contributed by atoms with Crippen LogP contribution < -0.4 is 5.32 Å². The fraction of sp³-hybridized carbons (Fsp3) is 0.125. The van der Waals surface area contributed by atoms with E-state index in [0.29, 0.717) is 16.5 Å². The van der Waals surface area contributed by atoms with E-state index in [4.69, 9.17) is 4.42 Å². The molecule has 1 aliphatic heterocycles. The van der Waals surface area contributed by atoms with Crippen molar-refractivity contribution >= 4 is 52.3 Å². The Balaban J connectivity index is 1.41. The van der Waals surface area contributed by atoms with Crippen molar-refractivity contribution in [2.24, 2.45) is 0 Å². The van der Waals surface area contributed by atoms with Gasteiger partial charge in [0, 0.05) is 16.7 Å². The van der Waals surface area contributed by atoms with Gasteiger partial charge >= 0.3 is 0 Å². The molecule has 3 amide bonds. The number of nitrogens with one attached hydrogen (secondary N) is 1. The maximum atomic E-state index is 12.7. The molecule has 162 valence electrons. The number of carbonyl (C=O) groups excluding carboxylic acids is 3. The van der Waals surface area contributed by atoms with E-state index < -0.39 is 17.1 Å². The van der Waals surface area contributed by atoms with Gasteiger partial charge in [0.25, 0.3) is 11.1 Å². The fourth-order valence-corrected chi connectivity index (χ4v) is 4.85. The van der Waals surface area contributed by atoms with Crippen molar-refractivity contribution in [3.8, 4) is 0 Å². The maximum Gasteiger partial charge on any atom is 0.294 e. The maximum absolute atomic E-state index is 12.7. The van der Waals surface area contributed by atoms with Crippen LogP contribution in [-0.4, -0.2) is 28.5 Å². The van der Waals surface area contributed by atoms with Gasteiger partial charge in [0.15, 0.2) is 5.09 Å². The Labute approximate surface area is 194 Å². The number of anilines is 1. The molecule has 2 aromatic carbocycles. The SMILES string of the molecule is Cc1cc(C)cc(NC(=O)CN2C(=O)S/C(=C\c3ccc(Sc4ccccc4)o3)C2=O)c1. The van der Waals surface area contributed by atoms with E-state index in [1.807, 2.05) is 68.4 Å². The Morgan fingerprint density at radius 1 is 1.06 bits per heavy atom. The van der Waals surface area contributed by atoms with Gasteiger partial charge in [-0.1, -0.05) is 36.0 Å². The van der Waals surface area contributed by atoms with Gasteiger partial charge in [-0.2, -0.15) is 0 Å². The number of carbonyl (C=O) groups is 3. The predicted octanol–water partition coefficient (Wildman–Crippen LogP) is 5.72. The second-order valence-electron chi connectivity index (χ2n) is 7.26. The molecule has 1 aliphatic rings. The topological polar surface area (TPSA) is 79.6 Å². The average molecular weight is 465 g/mol. The highest BCUT2D eigenvalue weighted by molar-refractivity contribution is 8.18. The van der Waals surface area contributed by atoms with Gasteiger partial charge in [-0.3, -0.25) is 19.3 Å². The van der Waals surface area contributed by atoms with E-state index in [2.05, 4.69) is 5.32 Å². The van der Waals surface area contributed by atoms with Crippen LogP contribution in [0.5, 0.6) is 0 Å². The molecule has 1 aromatic heterocycles. The Morgan fingerprint density at radius 2 is 1.78 bits per heavy atom. The lowest BCUT2D eigenvalue weighted by atomic mass is 10.1. The van der Waals surface area contributed by atoms with Crippen LogP contribution in [0.15, 0.2) is 80.0 Å². The number of hydrogen-bond donors (Lipinski definition) is 1. The zero-order chi connectivity index (χ0) is 22.7. The third kappa shape index (κ3) is 5.33. The summed E-state index contributed by atoms with van der Waals surface area (Å²) in [5.74, 6) is -0.476. The van der Waals surface area contributed by atoms with Crippen molar-refractivity contribution in [2.75, 3.05) is 11.9 Å². The number of hydrogen-bond acceptors (Lipinski definition) is 6. The molecule has 0 atom stereocenters. The summed E-state index contributed by atoms with van der Waals surface area (Å²) in [6.45, 7) is 3.52. The molecule has 0 radical (unpaired) electrons. The normalized spacial score (nSPS) is 14.9. The molecule has 4 rings (SSSR count). The van der Waals surface area contributed by atoms with Crippen LogP contribution >= 0.6 is 23.5 Å². The zero-order valence-corrected chi connectivity index (χ0v) is 19.1. The molecule has 0 bridgehead atoms. The zero-order valence-electron chi connectivity index (χ0n) is 17.5. The van der Waals surface area contributed by atoms with E-state index in [-0.39, 0.29) is 11.4 Å². The molecule has 2 heterocycles. The summed E-state index contributed by atoms with van der Waals surface area (Å²) in [6.07, 6.45) is 1.53. The minimum absolute atomic E-state index is 0.222. The van der Waals surface area contributed by atoms with Gasteiger partial charge < -0.3 is 9.73 Å². The third-order valence-electron chi connectivity index (χ3n) is 4.52. The highest BCUT2D eigenvalue weighted by Gasteiger charge is 2.36. The number of imide groups is 1. The molecule has 1 saturated heterocycles. The van der Waals surface area contributed by atoms with Gasteiger partial charge in [-0.15, -0.1) is 0 Å². The average Bonchev–Trinajstić information content (AvgIpc) is 3.27. The number of rotatable bonds is 6. The van der Waals surface area contributed by atoms with E-state index in [1.54, 1.807) is 6.07 Å². The minimum atomic E-state index is -0.510. The monoisotopic (exact) mass is 464 g/mol. The first-order chi connectivity index (χ1) is 15.4. The minimum Gasteiger partial charge on any atom is -0.450 e. The predicted molar refractivity (Wildman–Crippen MR) is 126 cm³/mol. The smallest absolute Gasteiger partial charge is 0.294 e. The van der Waals surface area contributed by atoms with Crippen molar-refractivity contribution in [3.63, 3.8) is 0 Å². The van der Waals surface area contributed by atoms with Gasteiger partial charge in [0.2, 0.25) is 5.91 Å². The summed E-state index contributed by atoms with van der Waals surface area (Å²) in [7, 11) is 0. The van der Waals surface area contributed by atoms with Crippen molar-refractivity contribution < 1.29 is 18.8 Å². The lowest BCUT2D eigenvalue weighted by molar-refractivity contribution is -0.127. The Hall–Kier alpha value is -3.23. The second-order valence-corrected chi connectivity index (χ2v) is 9.34. The Bertz CT molecular complexity index is 1200. The van der Waals surface area contributed by atoms with E-state index in [1.165, 1.54) is 17.8 Å². The van der Waals surface area contributed by atoms with E-state index in [9.17, 15) is 14.4 Å². The summed E-state index contributed by atoms with van der Waals surface area (Å²) >= 11 is 2.26. The summed E-state index contributed by atoms with van der Waals surface area (Å²) < 4.78 is 5.76. The van der Waals surface area contributed by atoms with Crippen LogP contribution in [0, 0.1) is 13.8 Å². The van der Waals surface area contributed by atoms with Crippen molar-refractivity contribution in [1.82, 2.24) is 4.90 Å². The standard InChI is InChI=1S/C24H20N2O4S2/c1-15-10-16(2)12-17(11-15)25-21(27)14-26-23(28)20(32-24(26)29)13-18-8-9-22(30-18)31-19-6-4-3-5-7-19/h3-13H,14H2,1-2H3,(H,25,27)/b20-13-. The van der Waals surface area contributed by atoms with Crippen LogP contribution in [0.1, 0.15) is 16.9 Å². The van der Waals surface area contributed by atoms with E-state index in [0.717, 1.165) is 32.7 Å². The number of nitrogens with zero attached hydrogens (tertiary/aromatic N) is 1. The molecule has 0 spiro atoms. The van der Waals surface area contributed by atoms with Crippen molar-refractivity contribution in [2.45, 2.75) is 23.8 Å². The number of amides is 3. The lowest BCUT2D eigenvalue weighted by Gasteiger charge is -2.13. The van der Waals surface area contributed by atoms with Crippen LogP contribution in [0.4, 0.5) is 10.5 Å². The molecule has 8 heteroatoms. The molecule has 6 nitrogen and oxygen atoms in total. The van der Waals surface area contributed by atoms with Gasteiger partial charge in [-0.05, 0) is 73.1 Å². The van der Waals surface area contributed by atoms with Crippen LogP contribution in [0.3, 0.4) is 0 Å². The van der Waals surface area contributed by atoms with Crippen LogP contribution in [0.25, 0.3) is 6.08 Å². The first-order valence-corrected chi connectivity index (χ1v) is 11.5. The quantitative estimate of drug-likeness (QED) is 0.470. The first kappa shape index (κ1) is 22.0. The second kappa shape index (κ2) is 9.50. The molecule has 0 unspecified atom stereocenters. The summed E-state index contributed by atoms with van der Waals surface area (Å²) in [5, 5.41) is 2.94.